The molecule has 0 aliphatic carbocycles. The fraction of sp³-hybridized carbons (Fsp3) is 0.267. The zero-order valence-electron chi connectivity index (χ0n) is 12.7. The van der Waals surface area contributed by atoms with E-state index in [4.69, 9.17) is 14.2 Å². The molecule has 0 spiro atoms. The first-order chi connectivity index (χ1) is 10.6. The molecule has 1 aromatic heterocycles. The molecule has 116 valence electrons. The van der Waals surface area contributed by atoms with Gasteiger partial charge in [0.05, 0.1) is 40.3 Å². The summed E-state index contributed by atoms with van der Waals surface area (Å²) in [6.07, 6.45) is 1.47. The van der Waals surface area contributed by atoms with Crippen molar-refractivity contribution in [1.29, 1.82) is 0 Å². The van der Waals surface area contributed by atoms with Gasteiger partial charge in [0.25, 0.3) is 0 Å². The number of carbonyl (C=O) groups is 1. The molecule has 7 heteroatoms. The Kier molecular flexibility index (Phi) is 4.77. The second-order valence-corrected chi connectivity index (χ2v) is 4.17. The molecule has 0 aliphatic rings. The van der Waals surface area contributed by atoms with Crippen molar-refractivity contribution >= 4 is 5.97 Å². The van der Waals surface area contributed by atoms with Crippen molar-refractivity contribution in [2.75, 3.05) is 28.4 Å². The smallest absolute Gasteiger partial charge is 0.362 e. The van der Waals surface area contributed by atoms with Gasteiger partial charge < -0.3 is 18.9 Å². The summed E-state index contributed by atoms with van der Waals surface area (Å²) >= 11 is 0. The maximum atomic E-state index is 11.6. The zero-order valence-corrected chi connectivity index (χ0v) is 12.7. The van der Waals surface area contributed by atoms with Crippen LogP contribution in [0.5, 0.6) is 17.4 Å². The van der Waals surface area contributed by atoms with Gasteiger partial charge in [0.15, 0.2) is 11.5 Å². The fourth-order valence-corrected chi connectivity index (χ4v) is 1.89. The standard InChI is InChI=1S/C15H16N2O5/c1-19-11-6-5-9(7-12(11)20-2)10-8-16-13(15(18)22-4)14(17-10)21-3/h5-8H,1-4H3. The van der Waals surface area contributed by atoms with Gasteiger partial charge in [0.2, 0.25) is 11.6 Å². The number of esters is 1. The van der Waals surface area contributed by atoms with Crippen LogP contribution in [0.25, 0.3) is 11.3 Å². The Balaban J connectivity index is 2.47. The van der Waals surface area contributed by atoms with Crippen LogP contribution in [0.2, 0.25) is 0 Å². The van der Waals surface area contributed by atoms with E-state index in [0.29, 0.717) is 17.2 Å². The van der Waals surface area contributed by atoms with E-state index in [1.54, 1.807) is 26.4 Å². The Morgan fingerprint density at radius 1 is 1.00 bits per heavy atom. The number of hydrogen-bond donors (Lipinski definition) is 0. The Morgan fingerprint density at radius 3 is 2.32 bits per heavy atom. The van der Waals surface area contributed by atoms with Gasteiger partial charge in [0, 0.05) is 5.56 Å². The quantitative estimate of drug-likeness (QED) is 0.781. The first kappa shape index (κ1) is 15.6. The molecule has 2 aromatic rings. The lowest BCUT2D eigenvalue weighted by molar-refractivity contribution is 0.0589. The molecule has 0 aliphatic heterocycles. The summed E-state index contributed by atoms with van der Waals surface area (Å²) in [4.78, 5) is 19.9. The van der Waals surface area contributed by atoms with Gasteiger partial charge in [-0.1, -0.05) is 0 Å². The molecular formula is C15H16N2O5. The minimum absolute atomic E-state index is 0.0224. The van der Waals surface area contributed by atoms with Crippen LogP contribution in [0.3, 0.4) is 0 Å². The number of rotatable bonds is 5. The van der Waals surface area contributed by atoms with E-state index in [0.717, 1.165) is 5.56 Å². The first-order valence-corrected chi connectivity index (χ1v) is 6.36. The topological polar surface area (TPSA) is 79.8 Å². The molecule has 0 saturated heterocycles. The monoisotopic (exact) mass is 304 g/mol. The third kappa shape index (κ3) is 2.93. The summed E-state index contributed by atoms with van der Waals surface area (Å²) < 4.78 is 20.2. The highest BCUT2D eigenvalue weighted by molar-refractivity contribution is 5.89. The predicted octanol–water partition coefficient (Wildman–Crippen LogP) is 1.96. The molecule has 0 amide bonds. The van der Waals surface area contributed by atoms with Gasteiger partial charge in [-0.3, -0.25) is 0 Å². The maximum Gasteiger partial charge on any atom is 0.362 e. The molecule has 1 aromatic carbocycles. The van der Waals surface area contributed by atoms with Gasteiger partial charge in [-0.15, -0.1) is 0 Å². The van der Waals surface area contributed by atoms with Gasteiger partial charge in [-0.05, 0) is 18.2 Å². The number of nitrogens with zero attached hydrogens (tertiary/aromatic N) is 2. The molecule has 0 unspecified atom stereocenters. The summed E-state index contributed by atoms with van der Waals surface area (Å²) in [5, 5.41) is 0. The third-order valence-corrected chi connectivity index (χ3v) is 2.99. The van der Waals surface area contributed by atoms with Crippen LogP contribution in [0.1, 0.15) is 10.5 Å². The van der Waals surface area contributed by atoms with Crippen molar-refractivity contribution in [3.05, 3.63) is 30.1 Å². The third-order valence-electron chi connectivity index (χ3n) is 2.99. The Hall–Kier alpha value is -2.83. The summed E-state index contributed by atoms with van der Waals surface area (Å²) in [5.74, 6) is 0.664. The van der Waals surface area contributed by atoms with Crippen molar-refractivity contribution in [2.45, 2.75) is 0 Å². The van der Waals surface area contributed by atoms with E-state index in [1.807, 2.05) is 6.07 Å². The van der Waals surface area contributed by atoms with Gasteiger partial charge in [-0.2, -0.15) is 0 Å². The van der Waals surface area contributed by atoms with Crippen LogP contribution in [-0.4, -0.2) is 44.4 Å². The molecule has 0 bridgehead atoms. The highest BCUT2D eigenvalue weighted by Gasteiger charge is 2.18. The normalized spacial score (nSPS) is 10.0. The Bertz CT molecular complexity index is 688. The molecule has 1 heterocycles. The summed E-state index contributed by atoms with van der Waals surface area (Å²) in [6.45, 7) is 0. The minimum atomic E-state index is -0.608. The average molecular weight is 304 g/mol. The molecule has 0 atom stereocenters. The van der Waals surface area contributed by atoms with E-state index in [-0.39, 0.29) is 11.6 Å². The molecule has 0 saturated carbocycles. The lowest BCUT2D eigenvalue weighted by atomic mass is 10.1. The lowest BCUT2D eigenvalue weighted by Crippen LogP contribution is -2.08. The fourth-order valence-electron chi connectivity index (χ4n) is 1.89. The number of hydrogen-bond acceptors (Lipinski definition) is 7. The van der Waals surface area contributed by atoms with E-state index < -0.39 is 5.97 Å². The van der Waals surface area contributed by atoms with Crippen LogP contribution in [0.15, 0.2) is 24.4 Å². The number of ether oxygens (including phenoxy) is 4. The minimum Gasteiger partial charge on any atom is -0.493 e. The Morgan fingerprint density at radius 2 is 1.73 bits per heavy atom. The SMILES string of the molecule is COC(=O)c1ncc(-c2ccc(OC)c(OC)c2)nc1OC. The van der Waals surface area contributed by atoms with Gasteiger partial charge >= 0.3 is 5.97 Å². The van der Waals surface area contributed by atoms with Crippen molar-refractivity contribution in [2.24, 2.45) is 0 Å². The second kappa shape index (κ2) is 6.75. The highest BCUT2D eigenvalue weighted by atomic mass is 16.5. The molecule has 0 radical (unpaired) electrons. The van der Waals surface area contributed by atoms with Gasteiger partial charge in [-0.25, -0.2) is 14.8 Å². The summed E-state index contributed by atoms with van der Waals surface area (Å²) in [7, 11) is 5.79. The summed E-state index contributed by atoms with van der Waals surface area (Å²) in [6, 6.07) is 5.33. The van der Waals surface area contributed by atoms with Crippen LogP contribution in [-0.2, 0) is 4.74 Å². The number of benzene rings is 1. The Labute approximate surface area is 127 Å². The van der Waals surface area contributed by atoms with E-state index in [9.17, 15) is 4.79 Å². The molecule has 2 rings (SSSR count). The van der Waals surface area contributed by atoms with E-state index in [1.165, 1.54) is 20.4 Å². The van der Waals surface area contributed by atoms with Crippen LogP contribution < -0.4 is 14.2 Å². The zero-order chi connectivity index (χ0) is 16.1. The van der Waals surface area contributed by atoms with E-state index in [2.05, 4.69) is 14.7 Å². The van der Waals surface area contributed by atoms with Crippen LogP contribution >= 0.6 is 0 Å². The average Bonchev–Trinajstić information content (AvgIpc) is 2.59. The van der Waals surface area contributed by atoms with Crippen molar-refractivity contribution in [1.82, 2.24) is 9.97 Å². The predicted molar refractivity (Wildman–Crippen MR) is 78.5 cm³/mol. The maximum absolute atomic E-state index is 11.6. The van der Waals surface area contributed by atoms with E-state index >= 15 is 0 Å². The molecular weight excluding hydrogens is 288 g/mol. The molecule has 0 fully saturated rings. The largest absolute Gasteiger partial charge is 0.493 e. The summed E-state index contributed by atoms with van der Waals surface area (Å²) in [5.41, 5.74) is 1.31. The highest BCUT2D eigenvalue weighted by Crippen LogP contribution is 2.32. The molecule has 0 N–H and O–H groups in total. The molecule has 22 heavy (non-hydrogen) atoms. The number of aromatic nitrogens is 2. The molecule has 7 nitrogen and oxygen atoms in total. The van der Waals surface area contributed by atoms with Gasteiger partial charge in [0.1, 0.15) is 0 Å². The number of methoxy groups -OCH3 is 4. The van der Waals surface area contributed by atoms with Crippen molar-refractivity contribution < 1.29 is 23.7 Å². The van der Waals surface area contributed by atoms with Crippen LogP contribution in [0.4, 0.5) is 0 Å². The first-order valence-electron chi connectivity index (χ1n) is 6.36. The lowest BCUT2D eigenvalue weighted by Gasteiger charge is -2.10. The van der Waals surface area contributed by atoms with Crippen LogP contribution in [0, 0.1) is 0 Å². The number of carbonyl (C=O) groups excluding carboxylic acids is 1. The second-order valence-electron chi connectivity index (χ2n) is 4.17. The van der Waals surface area contributed by atoms with Crippen molar-refractivity contribution in [3.63, 3.8) is 0 Å². The van der Waals surface area contributed by atoms with Crippen molar-refractivity contribution in [3.8, 4) is 28.6 Å².